The van der Waals surface area contributed by atoms with E-state index in [1.165, 1.54) is 6.54 Å². The first-order valence-electron chi connectivity index (χ1n) is 5.54. The van der Waals surface area contributed by atoms with Gasteiger partial charge in [0.15, 0.2) is 0 Å². The van der Waals surface area contributed by atoms with Crippen LogP contribution < -0.4 is 0 Å². The van der Waals surface area contributed by atoms with Crippen molar-refractivity contribution in [2.75, 3.05) is 19.6 Å². The van der Waals surface area contributed by atoms with Crippen LogP contribution in [-0.4, -0.2) is 35.7 Å². The highest BCUT2D eigenvalue weighted by Gasteiger charge is 2.26. The van der Waals surface area contributed by atoms with Gasteiger partial charge in [-0.1, -0.05) is 20.8 Å². The highest BCUT2D eigenvalue weighted by Crippen LogP contribution is 2.20. The van der Waals surface area contributed by atoms with Crippen LogP contribution in [0.4, 0.5) is 0 Å². The quantitative estimate of drug-likeness (QED) is 0.724. The Morgan fingerprint density at radius 2 is 2.15 bits per heavy atom. The third-order valence-electron chi connectivity index (χ3n) is 2.93. The zero-order valence-corrected chi connectivity index (χ0v) is 9.16. The number of piperidine rings is 1. The molecule has 1 rings (SSSR count). The number of hydrogen-bond donors (Lipinski definition) is 1. The van der Waals surface area contributed by atoms with Crippen LogP contribution in [0, 0.1) is 11.8 Å². The molecule has 0 bridgehead atoms. The molecule has 0 aliphatic carbocycles. The zero-order valence-electron chi connectivity index (χ0n) is 9.16. The van der Waals surface area contributed by atoms with Gasteiger partial charge in [0.25, 0.3) is 0 Å². The van der Waals surface area contributed by atoms with Gasteiger partial charge in [0.1, 0.15) is 0 Å². The molecule has 0 amide bonds. The lowest BCUT2D eigenvalue weighted by atomic mass is 9.92. The monoisotopic (exact) mass is 185 g/mol. The van der Waals surface area contributed by atoms with E-state index in [0.717, 1.165) is 31.8 Å². The molecular weight excluding hydrogens is 162 g/mol. The third kappa shape index (κ3) is 3.28. The second kappa shape index (κ2) is 4.97. The first kappa shape index (κ1) is 11.0. The summed E-state index contributed by atoms with van der Waals surface area (Å²) in [6.45, 7) is 10.0. The van der Waals surface area contributed by atoms with Crippen molar-refractivity contribution in [2.24, 2.45) is 11.8 Å². The van der Waals surface area contributed by atoms with Crippen LogP contribution in [0.5, 0.6) is 0 Å². The number of hydrogen-bond acceptors (Lipinski definition) is 2. The first-order chi connectivity index (χ1) is 6.13. The Bertz CT molecular complexity index is 147. The summed E-state index contributed by atoms with van der Waals surface area (Å²) in [6, 6.07) is 0. The molecule has 0 radical (unpaired) electrons. The Kier molecular flexibility index (Phi) is 4.20. The highest BCUT2D eigenvalue weighted by atomic mass is 16.3. The molecular formula is C11H23NO. The Morgan fingerprint density at radius 1 is 1.46 bits per heavy atom. The van der Waals surface area contributed by atoms with Crippen LogP contribution >= 0.6 is 0 Å². The van der Waals surface area contributed by atoms with E-state index in [9.17, 15) is 5.11 Å². The molecule has 2 atom stereocenters. The molecule has 1 heterocycles. The Labute approximate surface area is 81.9 Å². The summed E-state index contributed by atoms with van der Waals surface area (Å²) in [6.07, 6.45) is 2.02. The van der Waals surface area contributed by atoms with Crippen LogP contribution in [-0.2, 0) is 0 Å². The smallest absolute Gasteiger partial charge is 0.0592 e. The fourth-order valence-corrected chi connectivity index (χ4v) is 2.18. The molecule has 0 unspecified atom stereocenters. The van der Waals surface area contributed by atoms with Crippen molar-refractivity contribution in [1.29, 1.82) is 0 Å². The van der Waals surface area contributed by atoms with Gasteiger partial charge in [-0.25, -0.2) is 0 Å². The average molecular weight is 185 g/mol. The summed E-state index contributed by atoms with van der Waals surface area (Å²) in [5, 5.41) is 9.69. The SMILES string of the molecule is CC[C@@H]1CN(CC(C)C)CC[C@@H]1O. The molecule has 1 aliphatic rings. The third-order valence-corrected chi connectivity index (χ3v) is 2.93. The summed E-state index contributed by atoms with van der Waals surface area (Å²) in [5.41, 5.74) is 0. The predicted octanol–water partition coefficient (Wildman–Crippen LogP) is 1.74. The summed E-state index contributed by atoms with van der Waals surface area (Å²) in [7, 11) is 0. The zero-order chi connectivity index (χ0) is 9.84. The lowest BCUT2D eigenvalue weighted by molar-refractivity contribution is 0.0212. The minimum absolute atomic E-state index is 0.0478. The number of rotatable bonds is 3. The largest absolute Gasteiger partial charge is 0.393 e. The van der Waals surface area contributed by atoms with Gasteiger partial charge in [-0.3, -0.25) is 0 Å². The van der Waals surface area contributed by atoms with Gasteiger partial charge in [-0.15, -0.1) is 0 Å². The van der Waals surface area contributed by atoms with Crippen molar-refractivity contribution in [3.63, 3.8) is 0 Å². The fraction of sp³-hybridized carbons (Fsp3) is 1.00. The van der Waals surface area contributed by atoms with Gasteiger partial charge in [0.2, 0.25) is 0 Å². The molecule has 0 aromatic heterocycles. The van der Waals surface area contributed by atoms with E-state index < -0.39 is 0 Å². The highest BCUT2D eigenvalue weighted by molar-refractivity contribution is 4.79. The molecule has 0 aromatic carbocycles. The van der Waals surface area contributed by atoms with Gasteiger partial charge in [0.05, 0.1) is 6.10 Å². The van der Waals surface area contributed by atoms with Crippen LogP contribution in [0.15, 0.2) is 0 Å². The predicted molar refractivity (Wildman–Crippen MR) is 55.7 cm³/mol. The van der Waals surface area contributed by atoms with Crippen molar-refractivity contribution >= 4 is 0 Å². The Hall–Kier alpha value is -0.0800. The van der Waals surface area contributed by atoms with E-state index in [2.05, 4.69) is 25.7 Å². The molecule has 1 fully saturated rings. The number of aliphatic hydroxyl groups is 1. The fourth-order valence-electron chi connectivity index (χ4n) is 2.18. The molecule has 2 nitrogen and oxygen atoms in total. The Balaban J connectivity index is 2.36. The molecule has 78 valence electrons. The van der Waals surface area contributed by atoms with Gasteiger partial charge < -0.3 is 10.0 Å². The van der Waals surface area contributed by atoms with E-state index in [-0.39, 0.29) is 6.10 Å². The van der Waals surface area contributed by atoms with Gasteiger partial charge in [-0.05, 0) is 24.7 Å². The number of likely N-dealkylation sites (tertiary alicyclic amines) is 1. The maximum absolute atomic E-state index is 9.69. The van der Waals surface area contributed by atoms with Crippen molar-refractivity contribution in [2.45, 2.75) is 39.7 Å². The molecule has 13 heavy (non-hydrogen) atoms. The van der Waals surface area contributed by atoms with Crippen molar-refractivity contribution in [3.05, 3.63) is 0 Å². The maximum atomic E-state index is 9.69. The second-order valence-electron chi connectivity index (χ2n) is 4.68. The van der Waals surface area contributed by atoms with E-state index in [4.69, 9.17) is 0 Å². The maximum Gasteiger partial charge on any atom is 0.0592 e. The standard InChI is InChI=1S/C11H23NO/c1-4-10-8-12(7-9(2)3)6-5-11(10)13/h9-11,13H,4-8H2,1-3H3/t10-,11+/m1/s1. The van der Waals surface area contributed by atoms with E-state index in [0.29, 0.717) is 5.92 Å². The van der Waals surface area contributed by atoms with Crippen LogP contribution in [0.3, 0.4) is 0 Å². The van der Waals surface area contributed by atoms with Crippen LogP contribution in [0.2, 0.25) is 0 Å². The van der Waals surface area contributed by atoms with Crippen molar-refractivity contribution in [3.8, 4) is 0 Å². The second-order valence-corrected chi connectivity index (χ2v) is 4.68. The molecule has 1 saturated heterocycles. The van der Waals surface area contributed by atoms with E-state index in [1.54, 1.807) is 0 Å². The lowest BCUT2D eigenvalue weighted by Crippen LogP contribution is -2.44. The van der Waals surface area contributed by atoms with Crippen LogP contribution in [0.25, 0.3) is 0 Å². The average Bonchev–Trinajstić information content (AvgIpc) is 2.07. The van der Waals surface area contributed by atoms with E-state index in [1.807, 2.05) is 0 Å². The van der Waals surface area contributed by atoms with Gasteiger partial charge in [-0.2, -0.15) is 0 Å². The van der Waals surface area contributed by atoms with Gasteiger partial charge in [0, 0.05) is 19.6 Å². The van der Waals surface area contributed by atoms with Crippen molar-refractivity contribution in [1.82, 2.24) is 4.90 Å². The van der Waals surface area contributed by atoms with Crippen LogP contribution in [0.1, 0.15) is 33.6 Å². The van der Waals surface area contributed by atoms with E-state index >= 15 is 0 Å². The summed E-state index contributed by atoms with van der Waals surface area (Å²) >= 11 is 0. The van der Waals surface area contributed by atoms with Crippen molar-refractivity contribution < 1.29 is 5.11 Å². The molecule has 0 saturated carbocycles. The summed E-state index contributed by atoms with van der Waals surface area (Å²) in [4.78, 5) is 2.49. The minimum Gasteiger partial charge on any atom is -0.393 e. The molecule has 1 aliphatic heterocycles. The summed E-state index contributed by atoms with van der Waals surface area (Å²) in [5.74, 6) is 1.25. The first-order valence-corrected chi connectivity index (χ1v) is 5.54. The molecule has 2 heteroatoms. The van der Waals surface area contributed by atoms with Gasteiger partial charge >= 0.3 is 0 Å². The number of aliphatic hydroxyl groups excluding tert-OH is 1. The molecule has 0 spiro atoms. The Morgan fingerprint density at radius 3 is 2.69 bits per heavy atom. The summed E-state index contributed by atoms with van der Waals surface area (Å²) < 4.78 is 0. The lowest BCUT2D eigenvalue weighted by Gasteiger charge is -2.36. The molecule has 0 aromatic rings. The topological polar surface area (TPSA) is 23.5 Å². The number of nitrogens with zero attached hydrogens (tertiary/aromatic N) is 1. The normalized spacial score (nSPS) is 31.2. The molecule has 1 N–H and O–H groups in total. The minimum atomic E-state index is -0.0478.